The zero-order valence-electron chi connectivity index (χ0n) is 11.0. The molecule has 0 aromatic rings. The molecule has 2 N–H and O–H groups in total. The average Bonchev–Trinajstić information content (AvgIpc) is 2.83. The van der Waals surface area contributed by atoms with Crippen LogP contribution in [0.5, 0.6) is 0 Å². The van der Waals surface area contributed by atoms with E-state index in [1.54, 1.807) is 0 Å². The third kappa shape index (κ3) is 2.65. The molecule has 3 atom stereocenters. The Morgan fingerprint density at radius 2 is 2.06 bits per heavy atom. The maximum absolute atomic E-state index is 12.3. The molecular weight excluding hydrogens is 214 g/mol. The summed E-state index contributed by atoms with van der Waals surface area (Å²) < 4.78 is 0. The van der Waals surface area contributed by atoms with E-state index in [1.165, 1.54) is 6.42 Å². The Morgan fingerprint density at radius 1 is 1.29 bits per heavy atom. The first-order valence-electron chi connectivity index (χ1n) is 6.96. The largest absolute Gasteiger partial charge is 0.396 e. The summed E-state index contributed by atoms with van der Waals surface area (Å²) in [5, 5.41) is 12.4. The fraction of sp³-hybridized carbons (Fsp3) is 0.929. The van der Waals surface area contributed by atoms with Crippen LogP contribution in [0.3, 0.4) is 0 Å². The van der Waals surface area contributed by atoms with Gasteiger partial charge in [-0.25, -0.2) is 0 Å². The number of amides is 1. The molecule has 98 valence electrons. The van der Waals surface area contributed by atoms with Gasteiger partial charge < -0.3 is 10.4 Å². The minimum absolute atomic E-state index is 0.150. The number of carbonyl (C=O) groups is 1. The molecule has 3 heteroatoms. The van der Waals surface area contributed by atoms with Crippen molar-refractivity contribution >= 4 is 5.91 Å². The van der Waals surface area contributed by atoms with Gasteiger partial charge >= 0.3 is 0 Å². The highest BCUT2D eigenvalue weighted by Gasteiger charge is 2.40. The second-order valence-electron chi connectivity index (χ2n) is 6.42. The number of aliphatic hydroxyl groups is 1. The predicted molar refractivity (Wildman–Crippen MR) is 67.5 cm³/mol. The molecule has 0 aromatic heterocycles. The number of nitrogens with one attached hydrogen (secondary N) is 1. The monoisotopic (exact) mass is 239 g/mol. The lowest BCUT2D eigenvalue weighted by molar-refractivity contribution is -0.128. The van der Waals surface area contributed by atoms with Crippen molar-refractivity contribution in [1.82, 2.24) is 5.32 Å². The third-order valence-corrected chi connectivity index (χ3v) is 4.79. The first-order chi connectivity index (χ1) is 8.04. The zero-order chi connectivity index (χ0) is 12.5. The van der Waals surface area contributed by atoms with Gasteiger partial charge in [0.15, 0.2) is 0 Å². The Hall–Kier alpha value is -0.570. The van der Waals surface area contributed by atoms with Gasteiger partial charge in [-0.1, -0.05) is 26.7 Å². The van der Waals surface area contributed by atoms with Gasteiger partial charge in [-0.3, -0.25) is 4.79 Å². The molecule has 0 heterocycles. The maximum atomic E-state index is 12.3. The Labute approximate surface area is 104 Å². The topological polar surface area (TPSA) is 49.3 Å². The summed E-state index contributed by atoms with van der Waals surface area (Å²) in [5.74, 6) is 0.670. The summed E-state index contributed by atoms with van der Waals surface area (Å²) in [6.45, 7) is 4.60. The first kappa shape index (κ1) is 12.9. The molecule has 0 aromatic carbocycles. The van der Waals surface area contributed by atoms with Crippen molar-refractivity contribution in [3.63, 3.8) is 0 Å². The van der Waals surface area contributed by atoms with Crippen LogP contribution in [0.4, 0.5) is 0 Å². The van der Waals surface area contributed by atoms with Crippen LogP contribution in [0, 0.1) is 17.3 Å². The Morgan fingerprint density at radius 3 is 2.65 bits per heavy atom. The lowest BCUT2D eigenvalue weighted by Gasteiger charge is -2.28. The van der Waals surface area contributed by atoms with Crippen molar-refractivity contribution in [2.24, 2.45) is 17.3 Å². The number of hydrogen-bond acceptors (Lipinski definition) is 2. The molecule has 2 saturated carbocycles. The molecule has 3 unspecified atom stereocenters. The molecular formula is C14H25NO2. The van der Waals surface area contributed by atoms with E-state index in [4.69, 9.17) is 0 Å². The van der Waals surface area contributed by atoms with E-state index in [0.29, 0.717) is 0 Å². The van der Waals surface area contributed by atoms with E-state index >= 15 is 0 Å². The molecule has 0 spiro atoms. The van der Waals surface area contributed by atoms with Crippen molar-refractivity contribution in [3.05, 3.63) is 0 Å². The molecule has 3 nitrogen and oxygen atoms in total. The quantitative estimate of drug-likeness (QED) is 0.792. The summed E-state index contributed by atoms with van der Waals surface area (Å²) in [7, 11) is 0. The van der Waals surface area contributed by atoms with Crippen LogP contribution < -0.4 is 5.32 Å². The molecule has 0 radical (unpaired) electrons. The Kier molecular flexibility index (Phi) is 3.76. The molecule has 2 aliphatic carbocycles. The van der Waals surface area contributed by atoms with Crippen LogP contribution in [0.25, 0.3) is 0 Å². The summed E-state index contributed by atoms with van der Waals surface area (Å²) in [5.41, 5.74) is 0.150. The second kappa shape index (κ2) is 4.97. The molecule has 17 heavy (non-hydrogen) atoms. The first-order valence-corrected chi connectivity index (χ1v) is 6.96. The summed E-state index contributed by atoms with van der Waals surface area (Å²) in [4.78, 5) is 12.3. The van der Waals surface area contributed by atoms with E-state index in [-0.39, 0.29) is 35.8 Å². The number of hydrogen-bond donors (Lipinski definition) is 2. The van der Waals surface area contributed by atoms with Crippen molar-refractivity contribution in [3.8, 4) is 0 Å². The van der Waals surface area contributed by atoms with Crippen LogP contribution in [-0.4, -0.2) is 23.7 Å². The summed E-state index contributed by atoms with van der Waals surface area (Å²) >= 11 is 0. The molecule has 2 rings (SSSR count). The zero-order valence-corrected chi connectivity index (χ0v) is 11.0. The SMILES string of the molecule is CC1(C)CCCC1C(=O)NC1CCCC1CO. The molecule has 2 fully saturated rings. The summed E-state index contributed by atoms with van der Waals surface area (Å²) in [6, 6.07) is 0.212. The third-order valence-electron chi connectivity index (χ3n) is 4.79. The van der Waals surface area contributed by atoms with Crippen molar-refractivity contribution in [2.75, 3.05) is 6.61 Å². The average molecular weight is 239 g/mol. The van der Waals surface area contributed by atoms with Crippen LogP contribution in [0.15, 0.2) is 0 Å². The number of carbonyl (C=O) groups excluding carboxylic acids is 1. The minimum Gasteiger partial charge on any atom is -0.396 e. The van der Waals surface area contributed by atoms with Crippen molar-refractivity contribution in [1.29, 1.82) is 0 Å². The smallest absolute Gasteiger partial charge is 0.223 e. The van der Waals surface area contributed by atoms with Gasteiger partial charge in [0.1, 0.15) is 0 Å². The van der Waals surface area contributed by atoms with Crippen LogP contribution in [0.2, 0.25) is 0 Å². The normalized spacial score (nSPS) is 36.1. The van der Waals surface area contributed by atoms with E-state index < -0.39 is 0 Å². The van der Waals surface area contributed by atoms with Gasteiger partial charge in [-0.15, -0.1) is 0 Å². The molecule has 0 aliphatic heterocycles. The van der Waals surface area contributed by atoms with Gasteiger partial charge in [0.2, 0.25) is 5.91 Å². The van der Waals surface area contributed by atoms with Gasteiger partial charge in [-0.2, -0.15) is 0 Å². The van der Waals surface area contributed by atoms with Crippen LogP contribution in [0.1, 0.15) is 52.4 Å². The molecule has 0 bridgehead atoms. The standard InChI is InChI=1S/C14H25NO2/c1-14(2)8-4-6-11(14)13(17)15-12-7-3-5-10(12)9-16/h10-12,16H,3-9H2,1-2H3,(H,15,17). The van der Waals surface area contributed by atoms with Gasteiger partial charge in [0.05, 0.1) is 0 Å². The van der Waals surface area contributed by atoms with Gasteiger partial charge in [0, 0.05) is 24.5 Å². The Balaban J connectivity index is 1.93. The minimum atomic E-state index is 0.150. The van der Waals surface area contributed by atoms with Crippen LogP contribution >= 0.6 is 0 Å². The fourth-order valence-electron chi connectivity index (χ4n) is 3.54. The van der Waals surface area contributed by atoms with E-state index in [0.717, 1.165) is 32.1 Å². The molecule has 0 saturated heterocycles. The van der Waals surface area contributed by atoms with Crippen molar-refractivity contribution < 1.29 is 9.90 Å². The highest BCUT2D eigenvalue weighted by molar-refractivity contribution is 5.80. The highest BCUT2D eigenvalue weighted by Crippen LogP contribution is 2.42. The maximum Gasteiger partial charge on any atom is 0.223 e. The van der Waals surface area contributed by atoms with Gasteiger partial charge in [-0.05, 0) is 31.1 Å². The lowest BCUT2D eigenvalue weighted by atomic mass is 9.81. The molecule has 2 aliphatic rings. The highest BCUT2D eigenvalue weighted by atomic mass is 16.3. The predicted octanol–water partition coefficient (Wildman–Crippen LogP) is 2.09. The number of aliphatic hydroxyl groups excluding tert-OH is 1. The van der Waals surface area contributed by atoms with Crippen LogP contribution in [-0.2, 0) is 4.79 Å². The van der Waals surface area contributed by atoms with E-state index in [1.807, 2.05) is 0 Å². The van der Waals surface area contributed by atoms with Crippen molar-refractivity contribution in [2.45, 2.75) is 58.4 Å². The fourth-order valence-corrected chi connectivity index (χ4v) is 3.54. The summed E-state index contributed by atoms with van der Waals surface area (Å²) in [6.07, 6.45) is 6.55. The lowest BCUT2D eigenvalue weighted by Crippen LogP contribution is -2.44. The Bertz CT molecular complexity index is 288. The second-order valence-corrected chi connectivity index (χ2v) is 6.42. The van der Waals surface area contributed by atoms with E-state index in [9.17, 15) is 9.90 Å². The van der Waals surface area contributed by atoms with E-state index in [2.05, 4.69) is 19.2 Å². The van der Waals surface area contributed by atoms with Gasteiger partial charge in [0.25, 0.3) is 0 Å². The number of rotatable bonds is 3. The molecule has 1 amide bonds.